The van der Waals surface area contributed by atoms with E-state index in [1.54, 1.807) is 18.2 Å². The highest BCUT2D eigenvalue weighted by Crippen LogP contribution is 2.31. The fourth-order valence-electron chi connectivity index (χ4n) is 3.07. The Kier molecular flexibility index (Phi) is 6.92. The van der Waals surface area contributed by atoms with Crippen LogP contribution in [0.3, 0.4) is 0 Å². The third-order valence-corrected chi connectivity index (χ3v) is 6.46. The van der Waals surface area contributed by atoms with E-state index in [9.17, 15) is 23.3 Å². The minimum Gasteiger partial charge on any atom is -0.340 e. The van der Waals surface area contributed by atoms with Crippen LogP contribution in [0.25, 0.3) is 0 Å². The van der Waals surface area contributed by atoms with Crippen LogP contribution in [-0.2, 0) is 21.2 Å². The quantitative estimate of drug-likeness (QED) is 0.595. The van der Waals surface area contributed by atoms with Crippen LogP contribution in [0, 0.1) is 10.1 Å². The van der Waals surface area contributed by atoms with Crippen LogP contribution in [0.1, 0.15) is 18.4 Å². The molecular formula is C15H22ClN3O5S. The maximum Gasteiger partial charge on any atom is 0.274 e. The van der Waals surface area contributed by atoms with Crippen molar-refractivity contribution < 1.29 is 18.1 Å². The van der Waals surface area contributed by atoms with E-state index in [2.05, 4.69) is 5.32 Å². The molecule has 1 aliphatic rings. The van der Waals surface area contributed by atoms with E-state index in [1.807, 2.05) is 0 Å². The van der Waals surface area contributed by atoms with E-state index in [4.69, 9.17) is 0 Å². The molecule has 1 aliphatic heterocycles. The molecule has 0 aromatic heterocycles. The summed E-state index contributed by atoms with van der Waals surface area (Å²) in [5.74, 6) is -0.510. The van der Waals surface area contributed by atoms with Gasteiger partial charge in [0.1, 0.15) is 0 Å². The van der Waals surface area contributed by atoms with Gasteiger partial charge in [-0.15, -0.1) is 12.4 Å². The molecular weight excluding hydrogens is 370 g/mol. The molecule has 0 unspecified atom stereocenters. The van der Waals surface area contributed by atoms with Crippen LogP contribution in [0.5, 0.6) is 0 Å². The number of carbonyl (C=O) groups is 1. The second-order valence-electron chi connectivity index (χ2n) is 6.06. The van der Waals surface area contributed by atoms with Crippen molar-refractivity contribution >= 4 is 33.8 Å². The van der Waals surface area contributed by atoms with Crippen molar-refractivity contribution in [3.63, 3.8) is 0 Å². The number of nitrogens with zero attached hydrogens (tertiary/aromatic N) is 2. The van der Waals surface area contributed by atoms with E-state index < -0.39 is 25.4 Å². The highest BCUT2D eigenvalue weighted by atomic mass is 35.5. The van der Waals surface area contributed by atoms with Crippen molar-refractivity contribution in [2.75, 3.05) is 26.4 Å². The van der Waals surface area contributed by atoms with E-state index in [0.717, 1.165) is 6.26 Å². The number of nitro benzene ring substituents is 1. The molecule has 1 aromatic carbocycles. The zero-order valence-electron chi connectivity index (χ0n) is 14.1. The molecule has 1 heterocycles. The maximum atomic E-state index is 12.9. The summed E-state index contributed by atoms with van der Waals surface area (Å²) in [6, 6.07) is 6.13. The topological polar surface area (TPSA) is 110 Å². The van der Waals surface area contributed by atoms with Crippen LogP contribution in [0.4, 0.5) is 5.69 Å². The van der Waals surface area contributed by atoms with E-state index in [0.29, 0.717) is 18.7 Å². The minimum atomic E-state index is -3.62. The third kappa shape index (κ3) is 4.28. The van der Waals surface area contributed by atoms with Gasteiger partial charge in [-0.2, -0.15) is 0 Å². The number of carbonyl (C=O) groups excluding carboxylic acids is 1. The summed E-state index contributed by atoms with van der Waals surface area (Å²) in [5.41, 5.74) is 0.284. The first-order valence-electron chi connectivity index (χ1n) is 7.57. The average molecular weight is 392 g/mol. The number of hydrogen-bond acceptors (Lipinski definition) is 6. The van der Waals surface area contributed by atoms with E-state index in [-0.39, 0.29) is 37.5 Å². The first-order chi connectivity index (χ1) is 11.2. The molecule has 0 aliphatic carbocycles. The van der Waals surface area contributed by atoms with Gasteiger partial charge in [-0.05, 0) is 25.9 Å². The lowest BCUT2D eigenvalue weighted by atomic mass is 9.95. The summed E-state index contributed by atoms with van der Waals surface area (Å²) in [7, 11) is -2.14. The molecule has 1 aromatic rings. The molecule has 1 saturated heterocycles. The molecule has 2 rings (SSSR count). The number of rotatable bonds is 5. The number of para-hydroxylation sites is 1. The third-order valence-electron chi connectivity index (χ3n) is 4.45. The summed E-state index contributed by atoms with van der Waals surface area (Å²) in [4.78, 5) is 24.8. The Morgan fingerprint density at radius 1 is 1.32 bits per heavy atom. The molecule has 0 spiro atoms. The summed E-state index contributed by atoms with van der Waals surface area (Å²) >= 11 is 0. The molecule has 1 amide bonds. The first-order valence-corrected chi connectivity index (χ1v) is 9.46. The van der Waals surface area contributed by atoms with Gasteiger partial charge in [0.05, 0.1) is 11.5 Å². The summed E-state index contributed by atoms with van der Waals surface area (Å²) in [6.07, 6.45) is 1.48. The van der Waals surface area contributed by atoms with Crippen LogP contribution < -0.4 is 5.32 Å². The van der Waals surface area contributed by atoms with Gasteiger partial charge in [-0.3, -0.25) is 14.9 Å². The van der Waals surface area contributed by atoms with Crippen LogP contribution in [-0.4, -0.2) is 55.3 Å². The fraction of sp³-hybridized carbons (Fsp3) is 0.533. The normalized spacial score (nSPS) is 16.6. The molecule has 10 heteroatoms. The molecule has 0 radical (unpaired) electrons. The van der Waals surface area contributed by atoms with Crippen LogP contribution in [0.2, 0.25) is 0 Å². The molecule has 0 bridgehead atoms. The molecule has 8 nitrogen and oxygen atoms in total. The second kappa shape index (κ2) is 8.11. The van der Waals surface area contributed by atoms with Gasteiger partial charge < -0.3 is 10.2 Å². The lowest BCUT2D eigenvalue weighted by Crippen LogP contribution is -2.57. The standard InChI is InChI=1S/C15H21N3O5S.ClH/c1-17(11-12-5-3-4-6-13(12)18(20)21)14(19)15(24(2,22)23)7-9-16-10-8-15;/h3-6,16H,7-11H2,1-2H3;1H. The first kappa shape index (κ1) is 21.3. The van der Waals surface area contributed by atoms with Gasteiger partial charge in [0.25, 0.3) is 5.69 Å². The Hall–Kier alpha value is -1.71. The predicted molar refractivity (Wildman–Crippen MR) is 96.5 cm³/mol. The van der Waals surface area contributed by atoms with Gasteiger partial charge in [-0.25, -0.2) is 8.42 Å². The zero-order valence-corrected chi connectivity index (χ0v) is 15.7. The lowest BCUT2D eigenvalue weighted by Gasteiger charge is -2.37. The highest BCUT2D eigenvalue weighted by molar-refractivity contribution is 7.92. The predicted octanol–water partition coefficient (Wildman–Crippen LogP) is 1.14. The summed E-state index contributed by atoms with van der Waals surface area (Å²) in [5, 5.41) is 14.1. The molecule has 25 heavy (non-hydrogen) atoms. The number of amides is 1. The monoisotopic (exact) mass is 391 g/mol. The molecule has 140 valence electrons. The maximum absolute atomic E-state index is 12.9. The summed E-state index contributed by atoms with van der Waals surface area (Å²) < 4.78 is 23.1. The Morgan fingerprint density at radius 3 is 2.40 bits per heavy atom. The fourth-order valence-corrected chi connectivity index (χ4v) is 4.49. The van der Waals surface area contributed by atoms with Crippen molar-refractivity contribution in [3.05, 3.63) is 39.9 Å². The lowest BCUT2D eigenvalue weighted by molar-refractivity contribution is -0.385. The molecule has 1 fully saturated rings. The Labute approximate surface area is 153 Å². The largest absolute Gasteiger partial charge is 0.340 e. The van der Waals surface area contributed by atoms with Crippen LogP contribution >= 0.6 is 12.4 Å². The van der Waals surface area contributed by atoms with Crippen molar-refractivity contribution in [1.82, 2.24) is 10.2 Å². The number of sulfone groups is 1. The van der Waals surface area contributed by atoms with Crippen LogP contribution in [0.15, 0.2) is 24.3 Å². The summed E-state index contributed by atoms with van der Waals surface area (Å²) in [6.45, 7) is 0.872. The van der Waals surface area contributed by atoms with Gasteiger partial charge in [0.15, 0.2) is 14.6 Å². The number of benzene rings is 1. The van der Waals surface area contributed by atoms with Gasteiger partial charge >= 0.3 is 0 Å². The SMILES string of the molecule is CN(Cc1ccccc1[N+](=O)[O-])C(=O)C1(S(C)(=O)=O)CCNCC1.Cl. The van der Waals surface area contributed by atoms with E-state index >= 15 is 0 Å². The van der Waals surface area contributed by atoms with Crippen molar-refractivity contribution in [2.45, 2.75) is 24.1 Å². The van der Waals surface area contributed by atoms with Gasteiger partial charge in [0.2, 0.25) is 5.91 Å². The zero-order chi connectivity index (χ0) is 18.0. The number of piperidine rings is 1. The number of nitrogens with one attached hydrogen (secondary N) is 1. The molecule has 1 N–H and O–H groups in total. The second-order valence-corrected chi connectivity index (χ2v) is 8.39. The number of nitro groups is 1. The van der Waals surface area contributed by atoms with Crippen molar-refractivity contribution in [3.8, 4) is 0 Å². The van der Waals surface area contributed by atoms with Gasteiger partial charge in [0, 0.05) is 24.9 Å². The smallest absolute Gasteiger partial charge is 0.274 e. The Bertz CT molecular complexity index is 747. The van der Waals surface area contributed by atoms with Crippen molar-refractivity contribution in [2.24, 2.45) is 0 Å². The highest BCUT2D eigenvalue weighted by Gasteiger charge is 2.50. The van der Waals surface area contributed by atoms with Gasteiger partial charge in [-0.1, -0.05) is 18.2 Å². The van der Waals surface area contributed by atoms with E-state index in [1.165, 1.54) is 18.0 Å². The number of hydrogen-bond donors (Lipinski definition) is 1. The van der Waals surface area contributed by atoms with Crippen molar-refractivity contribution in [1.29, 1.82) is 0 Å². The Morgan fingerprint density at radius 2 is 1.88 bits per heavy atom. The minimum absolute atomic E-state index is 0. The Balaban J connectivity index is 0.00000312. The molecule has 0 atom stereocenters. The number of halogens is 1. The molecule has 0 saturated carbocycles. The average Bonchev–Trinajstić information content (AvgIpc) is 2.54.